The molecule has 2 aliphatic rings. The largest absolute Gasteiger partial charge is 0.365 e. The molecule has 1 aliphatic heterocycles. The van der Waals surface area contributed by atoms with Crippen LogP contribution in [0.25, 0.3) is 0 Å². The van der Waals surface area contributed by atoms with Gasteiger partial charge in [-0.15, -0.1) is 5.10 Å². The Kier molecular flexibility index (Phi) is 4.96. The van der Waals surface area contributed by atoms with E-state index in [2.05, 4.69) is 22.6 Å². The van der Waals surface area contributed by atoms with E-state index in [1.165, 1.54) is 0 Å². The molecule has 2 heterocycles. The predicted octanol–water partition coefficient (Wildman–Crippen LogP) is 3.51. The van der Waals surface area contributed by atoms with Crippen molar-refractivity contribution in [2.75, 3.05) is 0 Å². The first kappa shape index (κ1) is 17.5. The van der Waals surface area contributed by atoms with Gasteiger partial charge in [-0.1, -0.05) is 35.9 Å². The SMILES string of the molecule is CC1CCC(NC(=O)c2nnn3c2CO[C@@H](c2ccc(Cl)cc2)C3)CC1. The second kappa shape index (κ2) is 7.37. The minimum Gasteiger partial charge on any atom is -0.365 e. The van der Waals surface area contributed by atoms with Gasteiger partial charge in [0.25, 0.3) is 5.91 Å². The molecule has 0 unspecified atom stereocenters. The zero-order chi connectivity index (χ0) is 18.1. The van der Waals surface area contributed by atoms with Gasteiger partial charge < -0.3 is 10.1 Å². The number of nitrogens with zero attached hydrogens (tertiary/aromatic N) is 3. The summed E-state index contributed by atoms with van der Waals surface area (Å²) in [6.07, 6.45) is 4.28. The summed E-state index contributed by atoms with van der Waals surface area (Å²) >= 11 is 5.94. The number of ether oxygens (including phenoxy) is 1. The molecule has 138 valence electrons. The molecule has 1 amide bonds. The Bertz CT molecular complexity index is 781. The molecule has 1 aromatic heterocycles. The Balaban J connectivity index is 1.43. The van der Waals surface area contributed by atoms with Gasteiger partial charge in [0.2, 0.25) is 0 Å². The van der Waals surface area contributed by atoms with Crippen LogP contribution in [0.3, 0.4) is 0 Å². The van der Waals surface area contributed by atoms with E-state index in [-0.39, 0.29) is 18.1 Å². The number of aromatic nitrogens is 3. The van der Waals surface area contributed by atoms with E-state index >= 15 is 0 Å². The Morgan fingerprint density at radius 1 is 1.23 bits per heavy atom. The number of fused-ring (bicyclic) bond motifs is 1. The summed E-state index contributed by atoms with van der Waals surface area (Å²) in [7, 11) is 0. The molecule has 1 atom stereocenters. The number of hydrogen-bond acceptors (Lipinski definition) is 4. The lowest BCUT2D eigenvalue weighted by atomic mass is 9.87. The fourth-order valence-electron chi connectivity index (χ4n) is 3.73. The number of amides is 1. The van der Waals surface area contributed by atoms with Crippen molar-refractivity contribution in [2.24, 2.45) is 5.92 Å². The summed E-state index contributed by atoms with van der Waals surface area (Å²) in [5.74, 6) is 0.614. The Morgan fingerprint density at radius 2 is 1.96 bits per heavy atom. The van der Waals surface area contributed by atoms with Gasteiger partial charge in [0.1, 0.15) is 6.10 Å². The van der Waals surface area contributed by atoms with Gasteiger partial charge in [0, 0.05) is 11.1 Å². The molecule has 1 aromatic carbocycles. The first-order valence-corrected chi connectivity index (χ1v) is 9.58. The Morgan fingerprint density at radius 3 is 2.69 bits per heavy atom. The summed E-state index contributed by atoms with van der Waals surface area (Å²) in [6.45, 7) is 3.13. The summed E-state index contributed by atoms with van der Waals surface area (Å²) in [6, 6.07) is 7.84. The predicted molar refractivity (Wildman–Crippen MR) is 97.9 cm³/mol. The van der Waals surface area contributed by atoms with E-state index in [0.29, 0.717) is 23.9 Å². The highest BCUT2D eigenvalue weighted by atomic mass is 35.5. The van der Waals surface area contributed by atoms with Crippen molar-refractivity contribution < 1.29 is 9.53 Å². The zero-order valence-electron chi connectivity index (χ0n) is 14.8. The number of rotatable bonds is 3. The molecule has 1 aliphatic carbocycles. The molecule has 6 nitrogen and oxygen atoms in total. The highest BCUT2D eigenvalue weighted by Crippen LogP contribution is 2.28. The second-order valence-corrected chi connectivity index (χ2v) is 7.78. The van der Waals surface area contributed by atoms with Crippen LogP contribution < -0.4 is 5.32 Å². The van der Waals surface area contributed by atoms with Gasteiger partial charge in [-0.2, -0.15) is 0 Å². The monoisotopic (exact) mass is 374 g/mol. The highest BCUT2D eigenvalue weighted by Gasteiger charge is 2.29. The van der Waals surface area contributed by atoms with Crippen molar-refractivity contribution in [3.05, 3.63) is 46.2 Å². The van der Waals surface area contributed by atoms with Crippen LogP contribution in [0.2, 0.25) is 5.02 Å². The third-order valence-corrected chi connectivity index (χ3v) is 5.66. The smallest absolute Gasteiger partial charge is 0.274 e. The van der Waals surface area contributed by atoms with E-state index in [9.17, 15) is 4.79 Å². The van der Waals surface area contributed by atoms with Gasteiger partial charge in [-0.25, -0.2) is 4.68 Å². The van der Waals surface area contributed by atoms with Crippen LogP contribution in [0.5, 0.6) is 0 Å². The van der Waals surface area contributed by atoms with E-state index in [0.717, 1.165) is 42.9 Å². The lowest BCUT2D eigenvalue weighted by molar-refractivity contribution is -0.00178. The number of hydrogen-bond donors (Lipinski definition) is 1. The number of carbonyl (C=O) groups excluding carboxylic acids is 1. The van der Waals surface area contributed by atoms with E-state index in [4.69, 9.17) is 16.3 Å². The van der Waals surface area contributed by atoms with Crippen LogP contribution in [-0.4, -0.2) is 26.9 Å². The lowest BCUT2D eigenvalue weighted by Gasteiger charge is -2.27. The van der Waals surface area contributed by atoms with E-state index < -0.39 is 0 Å². The molecule has 0 saturated heterocycles. The average Bonchev–Trinajstić information content (AvgIpc) is 3.07. The van der Waals surface area contributed by atoms with Crippen molar-refractivity contribution in [1.82, 2.24) is 20.3 Å². The van der Waals surface area contributed by atoms with Gasteiger partial charge in [-0.3, -0.25) is 4.79 Å². The van der Waals surface area contributed by atoms with Crippen LogP contribution in [0, 0.1) is 5.92 Å². The van der Waals surface area contributed by atoms with E-state index in [1.54, 1.807) is 4.68 Å². The van der Waals surface area contributed by atoms with Crippen LogP contribution in [0.1, 0.15) is 60.5 Å². The van der Waals surface area contributed by atoms with Crippen LogP contribution >= 0.6 is 11.6 Å². The van der Waals surface area contributed by atoms with Crippen molar-refractivity contribution >= 4 is 17.5 Å². The van der Waals surface area contributed by atoms with Crippen LogP contribution in [0.15, 0.2) is 24.3 Å². The van der Waals surface area contributed by atoms with E-state index in [1.807, 2.05) is 24.3 Å². The molecule has 7 heteroatoms. The van der Waals surface area contributed by atoms with Gasteiger partial charge in [-0.05, 0) is 49.3 Å². The topological polar surface area (TPSA) is 69.0 Å². The highest BCUT2D eigenvalue weighted by molar-refractivity contribution is 6.30. The average molecular weight is 375 g/mol. The van der Waals surface area contributed by atoms with Crippen molar-refractivity contribution in [3.63, 3.8) is 0 Å². The number of benzene rings is 1. The lowest BCUT2D eigenvalue weighted by Crippen LogP contribution is -2.38. The molecule has 26 heavy (non-hydrogen) atoms. The maximum absolute atomic E-state index is 12.6. The minimum atomic E-state index is -0.139. The molecular weight excluding hydrogens is 352 g/mol. The second-order valence-electron chi connectivity index (χ2n) is 7.35. The fourth-order valence-corrected chi connectivity index (χ4v) is 3.85. The Labute approximate surface area is 157 Å². The number of halogens is 1. The van der Waals surface area contributed by atoms with Gasteiger partial charge in [0.05, 0.1) is 18.8 Å². The third-order valence-electron chi connectivity index (χ3n) is 5.41. The first-order valence-electron chi connectivity index (χ1n) is 9.20. The molecule has 1 N–H and O–H groups in total. The maximum Gasteiger partial charge on any atom is 0.274 e. The molecule has 1 fully saturated rings. The number of carbonyl (C=O) groups is 1. The van der Waals surface area contributed by atoms with Crippen molar-refractivity contribution in [1.29, 1.82) is 0 Å². The molecule has 1 saturated carbocycles. The molecule has 0 radical (unpaired) electrons. The molecular formula is C19H23ClN4O2. The zero-order valence-corrected chi connectivity index (χ0v) is 15.6. The third kappa shape index (κ3) is 3.62. The van der Waals surface area contributed by atoms with Crippen LogP contribution in [0.4, 0.5) is 0 Å². The maximum atomic E-state index is 12.6. The van der Waals surface area contributed by atoms with Gasteiger partial charge in [0.15, 0.2) is 5.69 Å². The first-order chi connectivity index (χ1) is 12.6. The minimum absolute atomic E-state index is 0.114. The van der Waals surface area contributed by atoms with Gasteiger partial charge >= 0.3 is 0 Å². The standard InChI is InChI=1S/C19H23ClN4O2/c1-12-2-8-15(9-3-12)21-19(25)18-16-11-26-17(10-24(16)23-22-18)13-4-6-14(20)7-5-13/h4-7,12,15,17H,2-3,8-11H2,1H3,(H,21,25)/t12?,15?,17-/m1/s1. The summed E-state index contributed by atoms with van der Waals surface area (Å²) in [5, 5.41) is 12.1. The van der Waals surface area contributed by atoms with Crippen molar-refractivity contribution in [2.45, 2.75) is 57.9 Å². The number of nitrogens with one attached hydrogen (secondary N) is 1. The Hall–Kier alpha value is -1.92. The quantitative estimate of drug-likeness (QED) is 0.892. The fraction of sp³-hybridized carbons (Fsp3) is 0.526. The summed E-state index contributed by atoms with van der Waals surface area (Å²) in [4.78, 5) is 12.6. The molecule has 2 aromatic rings. The summed E-state index contributed by atoms with van der Waals surface area (Å²) in [5.41, 5.74) is 2.17. The summed E-state index contributed by atoms with van der Waals surface area (Å²) < 4.78 is 7.74. The normalized spacial score (nSPS) is 25.5. The molecule has 0 bridgehead atoms. The molecule has 0 spiro atoms. The van der Waals surface area contributed by atoms with Crippen molar-refractivity contribution in [3.8, 4) is 0 Å². The molecule has 4 rings (SSSR count). The van der Waals surface area contributed by atoms with Crippen LogP contribution in [-0.2, 0) is 17.9 Å².